The van der Waals surface area contributed by atoms with Gasteiger partial charge in [0, 0.05) is 28.7 Å². The van der Waals surface area contributed by atoms with Gasteiger partial charge in [0.25, 0.3) is 0 Å². The van der Waals surface area contributed by atoms with Crippen LogP contribution in [0.2, 0.25) is 5.02 Å². The Hall–Kier alpha value is -1.23. The van der Waals surface area contributed by atoms with Crippen molar-refractivity contribution in [2.24, 2.45) is 5.73 Å². The zero-order chi connectivity index (χ0) is 13.1. The molecule has 4 N–H and O–H groups in total. The first kappa shape index (κ1) is 15.8. The Morgan fingerprint density at radius 3 is 2.95 bits per heavy atom. The topological polar surface area (TPSA) is 70.9 Å². The highest BCUT2D eigenvalue weighted by molar-refractivity contribution is 6.31. The molecule has 0 aliphatic rings. The Morgan fingerprint density at radius 2 is 2.26 bits per heavy atom. The molecular formula is C13H17Cl2N3O. The second-order valence-corrected chi connectivity index (χ2v) is 4.77. The number of carbonyl (C=O) groups is 1. The Labute approximate surface area is 123 Å². The van der Waals surface area contributed by atoms with Gasteiger partial charge in [-0.25, -0.2) is 0 Å². The lowest BCUT2D eigenvalue weighted by Gasteiger charge is -2.07. The van der Waals surface area contributed by atoms with Crippen molar-refractivity contribution in [3.05, 3.63) is 35.0 Å². The highest BCUT2D eigenvalue weighted by Gasteiger charge is 2.07. The van der Waals surface area contributed by atoms with Crippen LogP contribution in [0.1, 0.15) is 12.5 Å². The van der Waals surface area contributed by atoms with Crippen LogP contribution >= 0.6 is 24.0 Å². The van der Waals surface area contributed by atoms with E-state index in [-0.39, 0.29) is 18.3 Å². The molecule has 0 radical (unpaired) electrons. The van der Waals surface area contributed by atoms with E-state index in [4.69, 9.17) is 17.3 Å². The molecule has 6 heteroatoms. The Balaban J connectivity index is 0.00000180. The summed E-state index contributed by atoms with van der Waals surface area (Å²) in [5.74, 6) is -0.132. The summed E-state index contributed by atoms with van der Waals surface area (Å²) in [5, 5.41) is 4.59. The van der Waals surface area contributed by atoms with Gasteiger partial charge in [0.2, 0.25) is 5.91 Å². The zero-order valence-corrected chi connectivity index (χ0v) is 12.1. The summed E-state index contributed by atoms with van der Waals surface area (Å²) in [5.41, 5.74) is 7.66. The standard InChI is InChI=1S/C13H16ClN3O.ClH/c1-8(15)13(18)16-5-4-9-7-17-12-3-2-10(14)6-11(9)12;/h2-3,6-8,17H,4-5,15H2,1H3,(H,16,18);1H/t8-;/m0./s1. The van der Waals surface area contributed by atoms with E-state index in [1.807, 2.05) is 24.4 Å². The highest BCUT2D eigenvalue weighted by Crippen LogP contribution is 2.22. The van der Waals surface area contributed by atoms with Gasteiger partial charge in [0.1, 0.15) is 0 Å². The van der Waals surface area contributed by atoms with Gasteiger partial charge in [-0.15, -0.1) is 12.4 Å². The number of hydrogen-bond donors (Lipinski definition) is 3. The first-order valence-electron chi connectivity index (χ1n) is 5.86. The third-order valence-corrected chi connectivity index (χ3v) is 3.07. The minimum absolute atomic E-state index is 0. The van der Waals surface area contributed by atoms with Crippen LogP contribution in [-0.2, 0) is 11.2 Å². The third-order valence-electron chi connectivity index (χ3n) is 2.84. The van der Waals surface area contributed by atoms with E-state index in [0.717, 1.165) is 22.9 Å². The fraction of sp³-hybridized carbons (Fsp3) is 0.308. The van der Waals surface area contributed by atoms with Crippen molar-refractivity contribution < 1.29 is 4.79 Å². The molecule has 2 rings (SSSR count). The fourth-order valence-corrected chi connectivity index (χ4v) is 2.01. The maximum absolute atomic E-state index is 11.3. The summed E-state index contributed by atoms with van der Waals surface area (Å²) >= 11 is 5.97. The van der Waals surface area contributed by atoms with E-state index in [1.54, 1.807) is 6.92 Å². The Kier molecular flexibility index (Phi) is 5.66. The molecule has 19 heavy (non-hydrogen) atoms. The van der Waals surface area contributed by atoms with E-state index in [1.165, 1.54) is 0 Å². The predicted octanol–water partition coefficient (Wildman–Crippen LogP) is 2.25. The largest absolute Gasteiger partial charge is 0.361 e. The van der Waals surface area contributed by atoms with Crippen LogP contribution in [0.5, 0.6) is 0 Å². The molecule has 1 aromatic carbocycles. The van der Waals surface area contributed by atoms with Crippen molar-refractivity contribution >= 4 is 40.8 Å². The Bertz CT molecular complexity index is 566. The van der Waals surface area contributed by atoms with Crippen molar-refractivity contribution in [1.82, 2.24) is 10.3 Å². The summed E-state index contributed by atoms with van der Waals surface area (Å²) in [6.45, 7) is 2.24. The van der Waals surface area contributed by atoms with E-state index in [2.05, 4.69) is 10.3 Å². The van der Waals surface area contributed by atoms with Gasteiger partial charge < -0.3 is 16.0 Å². The normalized spacial score (nSPS) is 11.9. The van der Waals surface area contributed by atoms with Gasteiger partial charge in [-0.1, -0.05) is 11.6 Å². The molecule has 1 aromatic heterocycles. The third kappa shape index (κ3) is 3.86. The number of nitrogens with one attached hydrogen (secondary N) is 2. The number of aromatic amines is 1. The molecular weight excluding hydrogens is 285 g/mol. The molecule has 0 bridgehead atoms. The summed E-state index contributed by atoms with van der Waals surface area (Å²) in [6.07, 6.45) is 2.69. The van der Waals surface area contributed by atoms with Crippen LogP contribution in [0.15, 0.2) is 24.4 Å². The average molecular weight is 302 g/mol. The molecule has 0 saturated carbocycles. The molecule has 0 aliphatic heterocycles. The number of amides is 1. The van der Waals surface area contributed by atoms with Gasteiger partial charge in [-0.3, -0.25) is 4.79 Å². The van der Waals surface area contributed by atoms with Gasteiger partial charge in [-0.05, 0) is 37.1 Å². The lowest BCUT2D eigenvalue weighted by atomic mass is 10.1. The molecule has 4 nitrogen and oxygen atoms in total. The zero-order valence-electron chi connectivity index (χ0n) is 10.6. The van der Waals surface area contributed by atoms with Gasteiger partial charge in [-0.2, -0.15) is 0 Å². The number of H-pyrrole nitrogens is 1. The summed E-state index contributed by atoms with van der Waals surface area (Å²) < 4.78 is 0. The highest BCUT2D eigenvalue weighted by atomic mass is 35.5. The molecule has 1 atom stereocenters. The molecule has 0 saturated heterocycles. The van der Waals surface area contributed by atoms with Gasteiger partial charge in [0.05, 0.1) is 6.04 Å². The molecule has 2 aromatic rings. The van der Waals surface area contributed by atoms with Gasteiger partial charge >= 0.3 is 0 Å². The number of benzene rings is 1. The van der Waals surface area contributed by atoms with Crippen LogP contribution in [0, 0.1) is 0 Å². The molecule has 104 valence electrons. The van der Waals surface area contributed by atoms with E-state index >= 15 is 0 Å². The summed E-state index contributed by atoms with van der Waals surface area (Å²) in [7, 11) is 0. The maximum atomic E-state index is 11.3. The van der Waals surface area contributed by atoms with Crippen LogP contribution in [0.3, 0.4) is 0 Å². The minimum atomic E-state index is -0.470. The van der Waals surface area contributed by atoms with Crippen LogP contribution in [0.4, 0.5) is 0 Å². The first-order chi connectivity index (χ1) is 8.58. The lowest BCUT2D eigenvalue weighted by Crippen LogP contribution is -2.39. The second kappa shape index (κ2) is 6.80. The second-order valence-electron chi connectivity index (χ2n) is 4.33. The van der Waals surface area contributed by atoms with Crippen LogP contribution in [-0.4, -0.2) is 23.5 Å². The number of carbonyl (C=O) groups excluding carboxylic acids is 1. The summed E-state index contributed by atoms with van der Waals surface area (Å²) in [6, 6.07) is 5.25. The van der Waals surface area contributed by atoms with Crippen molar-refractivity contribution in [3.63, 3.8) is 0 Å². The molecule has 1 heterocycles. The smallest absolute Gasteiger partial charge is 0.236 e. The van der Waals surface area contributed by atoms with Gasteiger partial charge in [0.15, 0.2) is 0 Å². The van der Waals surface area contributed by atoms with Crippen molar-refractivity contribution in [1.29, 1.82) is 0 Å². The molecule has 0 spiro atoms. The molecule has 1 amide bonds. The quantitative estimate of drug-likeness (QED) is 0.810. The first-order valence-corrected chi connectivity index (χ1v) is 6.24. The van der Waals surface area contributed by atoms with Crippen molar-refractivity contribution in [2.75, 3.05) is 6.54 Å². The number of fused-ring (bicyclic) bond motifs is 1. The number of rotatable bonds is 4. The van der Waals surface area contributed by atoms with E-state index in [0.29, 0.717) is 11.6 Å². The van der Waals surface area contributed by atoms with Crippen molar-refractivity contribution in [3.8, 4) is 0 Å². The summed E-state index contributed by atoms with van der Waals surface area (Å²) in [4.78, 5) is 14.5. The predicted molar refractivity (Wildman–Crippen MR) is 80.9 cm³/mol. The monoisotopic (exact) mass is 301 g/mol. The average Bonchev–Trinajstić information content (AvgIpc) is 2.71. The van der Waals surface area contributed by atoms with Crippen LogP contribution in [0.25, 0.3) is 10.9 Å². The van der Waals surface area contributed by atoms with E-state index in [9.17, 15) is 4.79 Å². The van der Waals surface area contributed by atoms with E-state index < -0.39 is 6.04 Å². The number of halogens is 2. The number of hydrogen-bond acceptors (Lipinski definition) is 2. The van der Waals surface area contributed by atoms with Crippen LogP contribution < -0.4 is 11.1 Å². The Morgan fingerprint density at radius 1 is 1.53 bits per heavy atom. The molecule has 0 aliphatic carbocycles. The number of nitrogens with two attached hydrogens (primary N) is 1. The lowest BCUT2D eigenvalue weighted by molar-refractivity contribution is -0.121. The fourth-order valence-electron chi connectivity index (χ4n) is 1.84. The molecule has 0 fully saturated rings. The maximum Gasteiger partial charge on any atom is 0.236 e. The minimum Gasteiger partial charge on any atom is -0.361 e. The SMILES string of the molecule is C[C@H](N)C(=O)NCCc1c[nH]c2ccc(Cl)cc12.Cl. The number of aromatic nitrogens is 1. The molecule has 0 unspecified atom stereocenters. The van der Waals surface area contributed by atoms with Crippen molar-refractivity contribution in [2.45, 2.75) is 19.4 Å².